The lowest BCUT2D eigenvalue weighted by atomic mass is 10.4. The van der Waals surface area contributed by atoms with E-state index in [1.807, 2.05) is 0 Å². The van der Waals surface area contributed by atoms with Crippen molar-refractivity contribution in [3.05, 3.63) is 37.5 Å². The Balaban J connectivity index is 0.000000364. The van der Waals surface area contributed by atoms with Crippen molar-refractivity contribution in [2.24, 2.45) is 0 Å². The zero-order valence-electron chi connectivity index (χ0n) is 8.49. The summed E-state index contributed by atoms with van der Waals surface area (Å²) in [5.41, 5.74) is 0.431. The second-order valence-corrected chi connectivity index (χ2v) is 2.81. The molecule has 0 saturated carbocycles. The van der Waals surface area contributed by atoms with Crippen molar-refractivity contribution in [2.75, 3.05) is 13.2 Å². The average Bonchev–Trinajstić information content (AvgIpc) is 2.98. The first-order valence-electron chi connectivity index (χ1n) is 4.29. The lowest BCUT2D eigenvalue weighted by molar-refractivity contribution is -0.139. The van der Waals surface area contributed by atoms with Gasteiger partial charge in [0.1, 0.15) is 12.7 Å². The molecule has 0 aromatic rings. The van der Waals surface area contributed by atoms with Crippen LogP contribution in [0, 0.1) is 0 Å². The van der Waals surface area contributed by atoms with Crippen LogP contribution in [-0.4, -0.2) is 25.3 Å². The van der Waals surface area contributed by atoms with E-state index in [-0.39, 0.29) is 12.1 Å². The quantitative estimate of drug-likeness (QED) is 0.298. The van der Waals surface area contributed by atoms with Gasteiger partial charge in [0.05, 0.1) is 6.61 Å². The minimum absolute atomic E-state index is 0.142. The molecule has 0 aromatic carbocycles. The van der Waals surface area contributed by atoms with Crippen molar-refractivity contribution in [3.8, 4) is 0 Å². The van der Waals surface area contributed by atoms with Gasteiger partial charge in [-0.25, -0.2) is 4.79 Å². The fraction of sp³-hybridized carbons (Fsp3) is 0.364. The van der Waals surface area contributed by atoms with Gasteiger partial charge in [-0.05, 0) is 6.92 Å². The van der Waals surface area contributed by atoms with Crippen LogP contribution >= 0.6 is 0 Å². The molecule has 0 aromatic heterocycles. The summed E-state index contributed by atoms with van der Waals surface area (Å²) in [5.74, 6) is -0.337. The van der Waals surface area contributed by atoms with Crippen molar-refractivity contribution in [3.63, 3.8) is 0 Å². The van der Waals surface area contributed by atoms with Gasteiger partial charge in [-0.2, -0.15) is 0 Å². The molecule has 1 aliphatic rings. The molecule has 1 atom stereocenters. The molecular formula is C11H16O3. The first-order chi connectivity index (χ1) is 6.61. The highest BCUT2D eigenvalue weighted by Gasteiger charge is 2.24. The van der Waals surface area contributed by atoms with Crippen LogP contribution in [0.5, 0.6) is 0 Å². The summed E-state index contributed by atoms with van der Waals surface area (Å²) in [6.07, 6.45) is 3.42. The number of esters is 1. The van der Waals surface area contributed by atoms with E-state index < -0.39 is 0 Å². The van der Waals surface area contributed by atoms with Crippen LogP contribution in [0.25, 0.3) is 0 Å². The first-order valence-corrected chi connectivity index (χ1v) is 4.29. The van der Waals surface area contributed by atoms with Crippen molar-refractivity contribution in [1.82, 2.24) is 0 Å². The Morgan fingerprint density at radius 1 is 1.57 bits per heavy atom. The normalized spacial score (nSPS) is 17.1. The van der Waals surface area contributed by atoms with Gasteiger partial charge >= 0.3 is 5.97 Å². The Labute approximate surface area is 84.7 Å². The Morgan fingerprint density at radius 3 is 2.36 bits per heavy atom. The fourth-order valence-electron chi connectivity index (χ4n) is 0.456. The maximum absolute atomic E-state index is 10.7. The van der Waals surface area contributed by atoms with E-state index in [1.165, 1.54) is 0 Å². The minimum Gasteiger partial charge on any atom is -0.459 e. The molecule has 1 aliphatic heterocycles. The highest BCUT2D eigenvalue weighted by molar-refractivity contribution is 5.86. The molecule has 3 nitrogen and oxygen atoms in total. The van der Waals surface area contributed by atoms with Gasteiger partial charge < -0.3 is 9.47 Å². The van der Waals surface area contributed by atoms with Gasteiger partial charge in [0.25, 0.3) is 0 Å². The van der Waals surface area contributed by atoms with Crippen LogP contribution in [-0.2, 0) is 14.3 Å². The van der Waals surface area contributed by atoms with Crippen molar-refractivity contribution < 1.29 is 14.3 Å². The molecule has 0 bridgehead atoms. The van der Waals surface area contributed by atoms with Gasteiger partial charge in [-0.15, -0.1) is 0 Å². The number of hydrogen-bond donors (Lipinski definition) is 0. The van der Waals surface area contributed by atoms with Gasteiger partial charge in [0.2, 0.25) is 0 Å². The highest BCUT2D eigenvalue weighted by Crippen LogP contribution is 2.09. The third-order valence-corrected chi connectivity index (χ3v) is 1.32. The summed E-state index contributed by atoms with van der Waals surface area (Å²) in [7, 11) is 0. The van der Waals surface area contributed by atoms with E-state index in [2.05, 4.69) is 19.7 Å². The third-order valence-electron chi connectivity index (χ3n) is 1.32. The molecule has 0 amide bonds. The Morgan fingerprint density at radius 2 is 2.07 bits per heavy atom. The molecule has 78 valence electrons. The van der Waals surface area contributed by atoms with E-state index in [1.54, 1.807) is 19.1 Å². The van der Waals surface area contributed by atoms with Crippen LogP contribution < -0.4 is 0 Å². The van der Waals surface area contributed by atoms with E-state index in [0.29, 0.717) is 18.8 Å². The molecule has 1 heterocycles. The molecule has 1 fully saturated rings. The fourth-order valence-corrected chi connectivity index (χ4v) is 0.456. The third kappa shape index (κ3) is 7.31. The standard InChI is InChI=1S/C7H10O3.C4H6/c1-5(2)7(8)10-4-6-3-9-6;1-3-4-2/h6H,1,3-4H2,2H3;3-4H,1-2H2. The number of hydrogen-bond acceptors (Lipinski definition) is 3. The summed E-state index contributed by atoms with van der Waals surface area (Å²) in [5, 5.41) is 0. The number of epoxide rings is 1. The predicted molar refractivity (Wildman–Crippen MR) is 55.9 cm³/mol. The molecule has 0 radical (unpaired) electrons. The van der Waals surface area contributed by atoms with Crippen molar-refractivity contribution in [2.45, 2.75) is 13.0 Å². The number of ether oxygens (including phenoxy) is 2. The number of allylic oxidation sites excluding steroid dienone is 2. The second kappa shape index (κ2) is 7.09. The molecule has 0 N–H and O–H groups in total. The largest absolute Gasteiger partial charge is 0.459 e. The topological polar surface area (TPSA) is 38.8 Å². The molecule has 1 saturated heterocycles. The van der Waals surface area contributed by atoms with Crippen molar-refractivity contribution in [1.29, 1.82) is 0 Å². The molecule has 0 spiro atoms. The first kappa shape index (κ1) is 12.7. The Bertz CT molecular complexity index is 221. The predicted octanol–water partition coefficient (Wildman–Crippen LogP) is 1.86. The molecule has 3 heteroatoms. The Kier molecular flexibility index (Phi) is 6.41. The van der Waals surface area contributed by atoms with E-state index >= 15 is 0 Å². The molecule has 1 unspecified atom stereocenters. The maximum atomic E-state index is 10.7. The maximum Gasteiger partial charge on any atom is 0.333 e. The van der Waals surface area contributed by atoms with Crippen LogP contribution in [0.2, 0.25) is 0 Å². The highest BCUT2D eigenvalue weighted by atomic mass is 16.6. The van der Waals surface area contributed by atoms with E-state index in [4.69, 9.17) is 9.47 Å². The summed E-state index contributed by atoms with van der Waals surface area (Å²) >= 11 is 0. The minimum atomic E-state index is -0.337. The van der Waals surface area contributed by atoms with Gasteiger partial charge in [0, 0.05) is 5.57 Å². The van der Waals surface area contributed by atoms with Crippen LogP contribution in [0.15, 0.2) is 37.5 Å². The summed E-state index contributed by atoms with van der Waals surface area (Å²) in [6.45, 7) is 12.9. The average molecular weight is 196 g/mol. The zero-order chi connectivity index (χ0) is 11.0. The van der Waals surface area contributed by atoms with Crippen LogP contribution in [0.3, 0.4) is 0 Å². The molecule has 1 rings (SSSR count). The smallest absolute Gasteiger partial charge is 0.333 e. The SMILES string of the molecule is C=C(C)C(=O)OCC1CO1.C=CC=C. The lowest BCUT2D eigenvalue weighted by Crippen LogP contribution is -2.09. The second-order valence-electron chi connectivity index (χ2n) is 2.81. The summed E-state index contributed by atoms with van der Waals surface area (Å²) < 4.78 is 9.60. The van der Waals surface area contributed by atoms with Gasteiger partial charge in [-0.3, -0.25) is 0 Å². The lowest BCUT2D eigenvalue weighted by Gasteiger charge is -1.99. The van der Waals surface area contributed by atoms with Crippen molar-refractivity contribution >= 4 is 5.97 Å². The van der Waals surface area contributed by atoms with Gasteiger partial charge in [0.15, 0.2) is 0 Å². The summed E-state index contributed by atoms with van der Waals surface area (Å²) in [6, 6.07) is 0. The monoisotopic (exact) mass is 196 g/mol. The number of carbonyl (C=O) groups excluding carboxylic acids is 1. The molecule has 0 aliphatic carbocycles. The number of carbonyl (C=O) groups is 1. The van der Waals surface area contributed by atoms with E-state index in [9.17, 15) is 4.79 Å². The van der Waals surface area contributed by atoms with E-state index in [0.717, 1.165) is 0 Å². The summed E-state index contributed by atoms with van der Waals surface area (Å²) in [4.78, 5) is 10.7. The number of rotatable bonds is 4. The molecule has 14 heavy (non-hydrogen) atoms. The van der Waals surface area contributed by atoms with Gasteiger partial charge in [-0.1, -0.05) is 31.9 Å². The molecular weight excluding hydrogens is 180 g/mol. The Hall–Kier alpha value is -1.35. The van der Waals surface area contributed by atoms with Crippen LogP contribution in [0.4, 0.5) is 0 Å². The zero-order valence-corrected chi connectivity index (χ0v) is 8.49. The van der Waals surface area contributed by atoms with Crippen LogP contribution in [0.1, 0.15) is 6.92 Å².